The van der Waals surface area contributed by atoms with Crippen LogP contribution < -0.4 is 10.6 Å². The Morgan fingerprint density at radius 2 is 2.00 bits per heavy atom. The Balaban J connectivity index is 1.40. The molecule has 2 N–H and O–H groups in total. The number of hydrogen-bond donors (Lipinski definition) is 2. The Kier molecular flexibility index (Phi) is 5.83. The number of rotatable bonds is 6. The molecule has 0 spiro atoms. The maximum Gasteiger partial charge on any atom is 0.220 e. The van der Waals surface area contributed by atoms with Gasteiger partial charge >= 0.3 is 0 Å². The molecule has 4 rings (SSSR count). The van der Waals surface area contributed by atoms with Crippen LogP contribution in [0.15, 0.2) is 42.5 Å². The van der Waals surface area contributed by atoms with Gasteiger partial charge in [-0.15, -0.1) is 0 Å². The first-order valence-electron chi connectivity index (χ1n) is 11.0. The predicted molar refractivity (Wildman–Crippen MR) is 118 cm³/mol. The summed E-state index contributed by atoms with van der Waals surface area (Å²) in [6.45, 7) is 4.82. The molecule has 0 unspecified atom stereocenters. The average Bonchev–Trinajstić information content (AvgIpc) is 3.06. The number of ether oxygens (including phenoxy) is 1. The van der Waals surface area contributed by atoms with Crippen molar-refractivity contribution in [2.45, 2.75) is 76.0 Å². The minimum atomic E-state index is -0.341. The van der Waals surface area contributed by atoms with Crippen molar-refractivity contribution in [1.29, 1.82) is 0 Å². The van der Waals surface area contributed by atoms with Gasteiger partial charge in [-0.3, -0.25) is 9.59 Å². The highest BCUT2D eigenvalue weighted by atomic mass is 16.5. The summed E-state index contributed by atoms with van der Waals surface area (Å²) in [5, 5.41) is 8.80. The van der Waals surface area contributed by atoms with Gasteiger partial charge in [-0.05, 0) is 62.3 Å². The fourth-order valence-corrected chi connectivity index (χ4v) is 4.93. The van der Waals surface area contributed by atoms with Crippen molar-refractivity contribution in [3.8, 4) is 0 Å². The summed E-state index contributed by atoms with van der Waals surface area (Å²) in [7, 11) is 0. The van der Waals surface area contributed by atoms with Crippen LogP contribution in [0.5, 0.6) is 0 Å². The third-order valence-electron chi connectivity index (χ3n) is 6.48. The Morgan fingerprint density at radius 3 is 2.73 bits per heavy atom. The van der Waals surface area contributed by atoms with Gasteiger partial charge in [0.2, 0.25) is 11.8 Å². The minimum Gasteiger partial charge on any atom is -0.375 e. The normalized spacial score (nSPS) is 25.8. The first kappa shape index (κ1) is 20.9. The molecule has 5 nitrogen and oxygen atoms in total. The Bertz CT molecular complexity index is 939. The van der Waals surface area contributed by atoms with Gasteiger partial charge in [0, 0.05) is 31.0 Å². The lowest BCUT2D eigenvalue weighted by Crippen LogP contribution is -2.47. The van der Waals surface area contributed by atoms with Crippen molar-refractivity contribution in [1.82, 2.24) is 10.6 Å². The number of nitrogens with one attached hydrogen (secondary N) is 2. The molecule has 2 amide bonds. The SMILES string of the molecule is CC1(C)C[C@@H](NC(=O)CC[C@@]2(Cc3ccc4ccccc4c3)CCC(=O)N2)CCO1. The van der Waals surface area contributed by atoms with Crippen LogP contribution in [0.4, 0.5) is 0 Å². The second kappa shape index (κ2) is 8.38. The molecule has 2 aliphatic heterocycles. The van der Waals surface area contributed by atoms with E-state index >= 15 is 0 Å². The molecule has 0 aliphatic carbocycles. The number of amides is 2. The topological polar surface area (TPSA) is 67.4 Å². The van der Waals surface area contributed by atoms with Crippen LogP contribution in [0.3, 0.4) is 0 Å². The zero-order chi connectivity index (χ0) is 21.2. The van der Waals surface area contributed by atoms with Crippen LogP contribution in [-0.2, 0) is 20.7 Å². The highest BCUT2D eigenvalue weighted by Gasteiger charge is 2.38. The van der Waals surface area contributed by atoms with E-state index < -0.39 is 0 Å². The van der Waals surface area contributed by atoms with E-state index in [1.807, 2.05) is 12.1 Å². The van der Waals surface area contributed by atoms with Crippen LogP contribution >= 0.6 is 0 Å². The van der Waals surface area contributed by atoms with Gasteiger partial charge in [-0.25, -0.2) is 0 Å². The van der Waals surface area contributed by atoms with Gasteiger partial charge in [0.05, 0.1) is 5.60 Å². The highest BCUT2D eigenvalue weighted by Crippen LogP contribution is 2.31. The molecule has 2 atom stereocenters. The van der Waals surface area contributed by atoms with E-state index in [9.17, 15) is 9.59 Å². The minimum absolute atomic E-state index is 0.0664. The van der Waals surface area contributed by atoms with Gasteiger partial charge in [0.15, 0.2) is 0 Å². The van der Waals surface area contributed by atoms with Crippen LogP contribution in [-0.4, -0.2) is 35.6 Å². The summed E-state index contributed by atoms with van der Waals surface area (Å²) < 4.78 is 5.74. The third kappa shape index (κ3) is 5.01. The highest BCUT2D eigenvalue weighted by molar-refractivity contribution is 5.83. The summed E-state index contributed by atoms with van der Waals surface area (Å²) in [6.07, 6.45) is 4.82. The van der Waals surface area contributed by atoms with E-state index in [0.717, 1.165) is 25.7 Å². The van der Waals surface area contributed by atoms with Gasteiger partial charge in [0.25, 0.3) is 0 Å². The Morgan fingerprint density at radius 1 is 1.20 bits per heavy atom. The molecule has 2 aromatic rings. The molecule has 2 aromatic carbocycles. The van der Waals surface area contributed by atoms with E-state index in [1.165, 1.54) is 16.3 Å². The number of benzene rings is 2. The Labute approximate surface area is 178 Å². The largest absolute Gasteiger partial charge is 0.375 e. The quantitative estimate of drug-likeness (QED) is 0.762. The van der Waals surface area contributed by atoms with Crippen molar-refractivity contribution < 1.29 is 14.3 Å². The lowest BCUT2D eigenvalue weighted by molar-refractivity contribution is -0.125. The molecule has 0 aromatic heterocycles. The summed E-state index contributed by atoms with van der Waals surface area (Å²) in [5.74, 6) is 0.152. The van der Waals surface area contributed by atoms with Crippen molar-refractivity contribution in [2.24, 2.45) is 0 Å². The van der Waals surface area contributed by atoms with E-state index in [-0.39, 0.29) is 29.0 Å². The fraction of sp³-hybridized carbons (Fsp3) is 0.520. The van der Waals surface area contributed by atoms with Crippen molar-refractivity contribution >= 4 is 22.6 Å². The van der Waals surface area contributed by atoms with Gasteiger partial charge in [-0.1, -0.05) is 42.5 Å². The lowest BCUT2D eigenvalue weighted by atomic mass is 9.84. The molecule has 0 radical (unpaired) electrons. The van der Waals surface area contributed by atoms with Gasteiger partial charge in [-0.2, -0.15) is 0 Å². The van der Waals surface area contributed by atoms with Crippen molar-refractivity contribution in [3.63, 3.8) is 0 Å². The lowest BCUT2D eigenvalue weighted by Gasteiger charge is -2.36. The zero-order valence-electron chi connectivity index (χ0n) is 18.0. The van der Waals surface area contributed by atoms with Crippen molar-refractivity contribution in [3.05, 3.63) is 48.0 Å². The van der Waals surface area contributed by atoms with Crippen LogP contribution in [0.1, 0.15) is 57.9 Å². The summed E-state index contributed by atoms with van der Waals surface area (Å²) in [4.78, 5) is 24.7. The summed E-state index contributed by atoms with van der Waals surface area (Å²) in [5.41, 5.74) is 0.668. The predicted octanol–water partition coefficient (Wildman–Crippen LogP) is 3.89. The van der Waals surface area contributed by atoms with Crippen LogP contribution in [0.25, 0.3) is 10.8 Å². The Hall–Kier alpha value is -2.40. The average molecular weight is 409 g/mol. The fourth-order valence-electron chi connectivity index (χ4n) is 4.93. The maximum absolute atomic E-state index is 12.7. The second-order valence-corrected chi connectivity index (χ2v) is 9.55. The van der Waals surface area contributed by atoms with E-state index in [0.29, 0.717) is 25.9 Å². The van der Waals surface area contributed by atoms with E-state index in [4.69, 9.17) is 4.74 Å². The molecule has 160 valence electrons. The van der Waals surface area contributed by atoms with Crippen LogP contribution in [0.2, 0.25) is 0 Å². The second-order valence-electron chi connectivity index (χ2n) is 9.55. The molecule has 0 bridgehead atoms. The molecular weight excluding hydrogens is 376 g/mol. The summed E-state index contributed by atoms with van der Waals surface area (Å²) >= 11 is 0. The van der Waals surface area contributed by atoms with Gasteiger partial charge in [0.1, 0.15) is 0 Å². The number of carbonyl (C=O) groups excluding carboxylic acids is 2. The molecule has 0 saturated carbocycles. The van der Waals surface area contributed by atoms with Crippen LogP contribution in [0, 0.1) is 0 Å². The first-order valence-corrected chi connectivity index (χ1v) is 11.0. The molecule has 30 heavy (non-hydrogen) atoms. The van der Waals surface area contributed by atoms with Gasteiger partial charge < -0.3 is 15.4 Å². The third-order valence-corrected chi connectivity index (χ3v) is 6.48. The number of fused-ring (bicyclic) bond motifs is 1. The van der Waals surface area contributed by atoms with E-state index in [2.05, 4.69) is 54.8 Å². The number of hydrogen-bond acceptors (Lipinski definition) is 3. The monoisotopic (exact) mass is 408 g/mol. The van der Waals surface area contributed by atoms with E-state index in [1.54, 1.807) is 0 Å². The molecule has 5 heteroatoms. The molecular formula is C25H32N2O3. The molecule has 2 heterocycles. The zero-order valence-corrected chi connectivity index (χ0v) is 18.0. The number of carbonyl (C=O) groups is 2. The summed E-state index contributed by atoms with van der Waals surface area (Å²) in [6, 6.07) is 14.9. The standard InChI is InChI=1S/C25H32N2O3/c1-24(2)17-21(11-14-30-24)26-22(28)9-12-25(13-10-23(29)27-25)16-18-7-8-19-5-3-4-6-20(19)15-18/h3-8,15,21H,9-14,16-17H2,1-2H3,(H,26,28)(H,27,29)/t21-,25-/m0/s1. The van der Waals surface area contributed by atoms with Crippen molar-refractivity contribution in [2.75, 3.05) is 6.61 Å². The molecule has 2 saturated heterocycles. The molecule has 2 aliphatic rings. The first-order chi connectivity index (χ1) is 14.3. The smallest absolute Gasteiger partial charge is 0.220 e. The maximum atomic E-state index is 12.7. The molecule has 2 fully saturated rings.